The summed E-state index contributed by atoms with van der Waals surface area (Å²) in [6, 6.07) is 9.76. The van der Waals surface area contributed by atoms with Gasteiger partial charge in [-0.3, -0.25) is 4.79 Å². The third-order valence-corrected chi connectivity index (χ3v) is 3.64. The Morgan fingerprint density at radius 2 is 1.96 bits per heavy atom. The predicted octanol–water partition coefficient (Wildman–Crippen LogP) is 3.17. The Balaban J connectivity index is 2.03. The molecule has 4 nitrogen and oxygen atoms in total. The molecule has 24 heavy (non-hydrogen) atoms. The van der Waals surface area contributed by atoms with Gasteiger partial charge < -0.3 is 14.7 Å². The third kappa shape index (κ3) is 4.29. The Kier molecular flexibility index (Phi) is 5.87. The summed E-state index contributed by atoms with van der Waals surface area (Å²) in [5.41, 5.74) is 0.686. The molecule has 1 unspecified atom stereocenters. The predicted molar refractivity (Wildman–Crippen MR) is 85.9 cm³/mol. The van der Waals surface area contributed by atoms with Gasteiger partial charge in [-0.1, -0.05) is 12.1 Å². The molecule has 0 aliphatic rings. The van der Waals surface area contributed by atoms with E-state index in [2.05, 4.69) is 0 Å². The number of ether oxygens (including phenoxy) is 1. The van der Waals surface area contributed by atoms with Crippen LogP contribution < -0.4 is 4.74 Å². The average Bonchev–Trinajstić information content (AvgIpc) is 2.60. The highest BCUT2D eigenvalue weighted by molar-refractivity contribution is 5.94. The lowest BCUT2D eigenvalue weighted by Crippen LogP contribution is -2.26. The smallest absolute Gasteiger partial charge is 0.253 e. The van der Waals surface area contributed by atoms with Crippen LogP contribution in [0.15, 0.2) is 42.5 Å². The minimum absolute atomic E-state index is 0.135. The minimum atomic E-state index is -1.11. The van der Waals surface area contributed by atoms with Gasteiger partial charge in [0.05, 0.1) is 0 Å². The molecular formula is C18H19F2NO3. The Hall–Kier alpha value is -2.47. The summed E-state index contributed by atoms with van der Waals surface area (Å²) in [5.74, 6) is -1.73. The number of benzene rings is 2. The van der Waals surface area contributed by atoms with Crippen molar-refractivity contribution >= 4 is 5.91 Å². The molecule has 0 aromatic heterocycles. The van der Waals surface area contributed by atoms with Gasteiger partial charge in [0.25, 0.3) is 5.91 Å². The van der Waals surface area contributed by atoms with Crippen molar-refractivity contribution in [2.24, 2.45) is 0 Å². The molecule has 6 heteroatoms. The number of hydrogen-bond donors (Lipinski definition) is 1. The van der Waals surface area contributed by atoms with Crippen molar-refractivity contribution in [3.05, 3.63) is 65.2 Å². The minimum Gasteiger partial charge on any atom is -0.491 e. The molecule has 0 aliphatic carbocycles. The maximum Gasteiger partial charge on any atom is 0.253 e. The van der Waals surface area contributed by atoms with Gasteiger partial charge in [-0.25, -0.2) is 8.78 Å². The first-order valence-electron chi connectivity index (χ1n) is 7.53. The number of carbonyl (C=O) groups excluding carboxylic acids is 1. The zero-order chi connectivity index (χ0) is 17.7. The zero-order valence-corrected chi connectivity index (χ0v) is 13.5. The number of halogens is 2. The first-order valence-corrected chi connectivity index (χ1v) is 7.53. The standard InChI is InChI=1S/C18H19F2NO3/c1-3-21(2)18(23)13-5-4-6-14(9-13)24-11-17(22)12-7-8-15(19)16(20)10-12/h4-10,17,22H,3,11H2,1-2H3. The van der Waals surface area contributed by atoms with E-state index in [1.165, 1.54) is 6.07 Å². The van der Waals surface area contributed by atoms with Crippen molar-refractivity contribution in [3.63, 3.8) is 0 Å². The van der Waals surface area contributed by atoms with E-state index < -0.39 is 17.7 Å². The average molecular weight is 335 g/mol. The Morgan fingerprint density at radius 1 is 1.21 bits per heavy atom. The van der Waals surface area contributed by atoms with Crippen LogP contribution in [-0.2, 0) is 0 Å². The van der Waals surface area contributed by atoms with Gasteiger partial charge in [-0.15, -0.1) is 0 Å². The monoisotopic (exact) mass is 335 g/mol. The summed E-state index contributed by atoms with van der Waals surface area (Å²) in [6.45, 7) is 2.31. The van der Waals surface area contributed by atoms with Gasteiger partial charge in [0, 0.05) is 19.2 Å². The molecule has 0 saturated carbocycles. The first-order chi connectivity index (χ1) is 11.4. The number of carbonyl (C=O) groups is 1. The van der Waals surface area contributed by atoms with Crippen molar-refractivity contribution in [1.29, 1.82) is 0 Å². The topological polar surface area (TPSA) is 49.8 Å². The lowest BCUT2D eigenvalue weighted by molar-refractivity contribution is 0.0801. The van der Waals surface area contributed by atoms with Crippen molar-refractivity contribution in [2.75, 3.05) is 20.2 Å². The molecule has 2 aromatic rings. The second kappa shape index (κ2) is 7.88. The second-order valence-electron chi connectivity index (χ2n) is 5.35. The van der Waals surface area contributed by atoms with Crippen LogP contribution in [0.4, 0.5) is 8.78 Å². The van der Waals surface area contributed by atoms with E-state index in [1.807, 2.05) is 6.92 Å². The van der Waals surface area contributed by atoms with Crippen LogP contribution in [0.25, 0.3) is 0 Å². The fourth-order valence-electron chi connectivity index (χ4n) is 2.07. The molecule has 0 fully saturated rings. The van der Waals surface area contributed by atoms with Crippen LogP contribution in [0.3, 0.4) is 0 Å². The molecule has 0 saturated heterocycles. The Morgan fingerprint density at radius 3 is 2.62 bits per heavy atom. The molecule has 0 aliphatic heterocycles. The van der Waals surface area contributed by atoms with Gasteiger partial charge in [0.15, 0.2) is 11.6 Å². The van der Waals surface area contributed by atoms with Crippen LogP contribution in [0.2, 0.25) is 0 Å². The van der Waals surface area contributed by atoms with E-state index in [9.17, 15) is 18.7 Å². The summed E-state index contributed by atoms with van der Waals surface area (Å²) in [6.07, 6.45) is -1.11. The molecule has 2 rings (SSSR count). The van der Waals surface area contributed by atoms with Gasteiger partial charge in [0.1, 0.15) is 18.5 Å². The number of aliphatic hydroxyl groups excluding tert-OH is 1. The van der Waals surface area contributed by atoms with Gasteiger partial charge >= 0.3 is 0 Å². The van der Waals surface area contributed by atoms with Gasteiger partial charge in [-0.2, -0.15) is 0 Å². The lowest BCUT2D eigenvalue weighted by atomic mass is 10.1. The fourth-order valence-corrected chi connectivity index (χ4v) is 2.07. The second-order valence-corrected chi connectivity index (χ2v) is 5.35. The molecule has 1 amide bonds. The van der Waals surface area contributed by atoms with E-state index in [0.717, 1.165) is 12.1 Å². The van der Waals surface area contributed by atoms with E-state index in [-0.39, 0.29) is 18.1 Å². The summed E-state index contributed by atoms with van der Waals surface area (Å²) < 4.78 is 31.5. The van der Waals surface area contributed by atoms with Crippen molar-refractivity contribution < 1.29 is 23.4 Å². The zero-order valence-electron chi connectivity index (χ0n) is 13.5. The number of nitrogens with zero attached hydrogens (tertiary/aromatic N) is 1. The Bertz CT molecular complexity index is 721. The van der Waals surface area contributed by atoms with E-state index in [1.54, 1.807) is 36.2 Å². The van der Waals surface area contributed by atoms with Crippen LogP contribution in [0, 0.1) is 11.6 Å². The maximum atomic E-state index is 13.2. The highest BCUT2D eigenvalue weighted by Gasteiger charge is 2.13. The van der Waals surface area contributed by atoms with Gasteiger partial charge in [0.2, 0.25) is 0 Å². The van der Waals surface area contributed by atoms with Crippen LogP contribution in [0.5, 0.6) is 5.75 Å². The van der Waals surface area contributed by atoms with Crippen LogP contribution in [0.1, 0.15) is 28.9 Å². The van der Waals surface area contributed by atoms with E-state index in [0.29, 0.717) is 17.9 Å². The number of rotatable bonds is 6. The highest BCUT2D eigenvalue weighted by Crippen LogP contribution is 2.20. The highest BCUT2D eigenvalue weighted by atomic mass is 19.2. The molecule has 1 N–H and O–H groups in total. The molecule has 0 radical (unpaired) electrons. The first kappa shape index (κ1) is 17.9. The summed E-state index contributed by atoms with van der Waals surface area (Å²) in [5, 5.41) is 10.0. The van der Waals surface area contributed by atoms with Crippen LogP contribution >= 0.6 is 0 Å². The summed E-state index contributed by atoms with van der Waals surface area (Å²) in [4.78, 5) is 13.7. The Labute approximate surface area is 139 Å². The van der Waals surface area contributed by atoms with E-state index >= 15 is 0 Å². The normalized spacial score (nSPS) is 11.9. The van der Waals surface area contributed by atoms with Crippen LogP contribution in [-0.4, -0.2) is 36.1 Å². The van der Waals surface area contributed by atoms with E-state index in [4.69, 9.17) is 4.74 Å². The number of hydrogen-bond acceptors (Lipinski definition) is 3. The molecule has 2 aromatic carbocycles. The van der Waals surface area contributed by atoms with Gasteiger partial charge in [-0.05, 0) is 42.8 Å². The largest absolute Gasteiger partial charge is 0.491 e. The van der Waals surface area contributed by atoms with Crippen molar-refractivity contribution in [1.82, 2.24) is 4.90 Å². The molecular weight excluding hydrogens is 316 g/mol. The van der Waals surface area contributed by atoms with Crippen molar-refractivity contribution in [3.8, 4) is 5.75 Å². The molecule has 0 bridgehead atoms. The molecule has 1 atom stereocenters. The summed E-state index contributed by atoms with van der Waals surface area (Å²) in [7, 11) is 1.70. The fraction of sp³-hybridized carbons (Fsp3) is 0.278. The molecule has 0 heterocycles. The molecule has 128 valence electrons. The van der Waals surface area contributed by atoms with Crippen molar-refractivity contribution in [2.45, 2.75) is 13.0 Å². The molecule has 0 spiro atoms. The number of aliphatic hydroxyl groups is 1. The number of amides is 1. The lowest BCUT2D eigenvalue weighted by Gasteiger charge is -2.16. The summed E-state index contributed by atoms with van der Waals surface area (Å²) >= 11 is 0. The maximum absolute atomic E-state index is 13.2. The quantitative estimate of drug-likeness (QED) is 0.882. The SMILES string of the molecule is CCN(C)C(=O)c1cccc(OCC(O)c2ccc(F)c(F)c2)c1. The third-order valence-electron chi connectivity index (χ3n) is 3.64.